The maximum absolute atomic E-state index is 6.41. The minimum atomic E-state index is 0.771. The van der Waals surface area contributed by atoms with Gasteiger partial charge in [0.25, 0.3) is 0 Å². The van der Waals surface area contributed by atoms with Crippen LogP contribution in [0.5, 0.6) is 0 Å². The summed E-state index contributed by atoms with van der Waals surface area (Å²) in [5, 5.41) is 8.20. The maximum atomic E-state index is 6.41. The Labute approximate surface area is 437 Å². The molecule has 0 amide bonds. The summed E-state index contributed by atoms with van der Waals surface area (Å²) in [4.78, 5) is 12.3. The lowest BCUT2D eigenvalue weighted by Crippen LogP contribution is -2.17. The smallest absolute Gasteiger partial charge is 0.166 e. The van der Waals surface area contributed by atoms with Crippen molar-refractivity contribution in [1.82, 2.24) is 28.2 Å². The monoisotopic (exact) mass is 970 g/mol. The molecule has 9 aromatic carbocycles. The Bertz CT molecular complexity index is 4650. The van der Waals surface area contributed by atoms with E-state index in [9.17, 15) is 0 Å². The molecule has 0 atom stereocenters. The molecule has 16 rings (SSSR count). The van der Waals surface area contributed by atoms with E-state index in [0.717, 1.165) is 135 Å². The van der Waals surface area contributed by atoms with Crippen LogP contribution < -0.4 is 0 Å². The molecular weight excluding hydrogens is 925 g/mol. The molecule has 0 aliphatic heterocycles. The van der Waals surface area contributed by atoms with Crippen LogP contribution in [0.25, 0.3) is 139 Å². The molecule has 15 aromatic rings. The number of aromatic nitrogens is 6. The van der Waals surface area contributed by atoms with Crippen LogP contribution in [0.2, 0.25) is 0 Å². The predicted octanol–water partition coefficient (Wildman–Crippen LogP) is 17.7. The lowest BCUT2D eigenvalue weighted by atomic mass is 9.98. The summed E-state index contributed by atoms with van der Waals surface area (Å²) in [7, 11) is 0. The first kappa shape index (κ1) is 42.5. The fourth-order valence-corrected chi connectivity index (χ4v) is 12.6. The van der Waals surface area contributed by atoms with Crippen LogP contribution in [0.4, 0.5) is 0 Å². The molecule has 356 valence electrons. The number of aryl methyl sites for hydroxylation is 1. The summed E-state index contributed by atoms with van der Waals surface area (Å²) >= 11 is 0. The van der Waals surface area contributed by atoms with Crippen molar-refractivity contribution in [2.45, 2.75) is 12.8 Å². The van der Waals surface area contributed by atoms with Gasteiger partial charge in [-0.25, -0.2) is 9.97 Å². The van der Waals surface area contributed by atoms with E-state index in [1.807, 2.05) is 0 Å². The van der Waals surface area contributed by atoms with Gasteiger partial charge in [-0.1, -0.05) is 194 Å². The van der Waals surface area contributed by atoms with Gasteiger partial charge >= 0.3 is 0 Å². The van der Waals surface area contributed by atoms with E-state index in [4.69, 9.17) is 9.97 Å². The quantitative estimate of drug-likeness (QED) is 0.160. The Morgan fingerprint density at radius 3 is 1.20 bits per heavy atom. The zero-order chi connectivity index (χ0) is 49.8. The first-order chi connectivity index (χ1) is 37.8. The van der Waals surface area contributed by atoms with Crippen LogP contribution in [-0.2, 0) is 6.42 Å². The summed E-state index contributed by atoms with van der Waals surface area (Å²) < 4.78 is 9.94. The Balaban J connectivity index is 1.23. The van der Waals surface area contributed by atoms with Crippen molar-refractivity contribution in [1.29, 1.82) is 0 Å². The van der Waals surface area contributed by atoms with E-state index in [1.165, 1.54) is 21.7 Å². The third-order valence-corrected chi connectivity index (χ3v) is 15.8. The Morgan fingerprint density at radius 1 is 0.303 bits per heavy atom. The van der Waals surface area contributed by atoms with Crippen LogP contribution in [-0.4, -0.2) is 28.2 Å². The minimum Gasteiger partial charge on any atom is -0.306 e. The van der Waals surface area contributed by atoms with Crippen LogP contribution in [0.15, 0.2) is 249 Å². The van der Waals surface area contributed by atoms with Crippen LogP contribution >= 0.6 is 0 Å². The molecule has 0 bridgehead atoms. The molecule has 6 aromatic heterocycles. The first-order valence-corrected chi connectivity index (χ1v) is 26.2. The van der Waals surface area contributed by atoms with E-state index in [2.05, 4.69) is 273 Å². The lowest BCUT2D eigenvalue weighted by Gasteiger charge is -2.27. The average molecular weight is 971 g/mol. The Kier molecular flexibility index (Phi) is 9.36. The van der Waals surface area contributed by atoms with Gasteiger partial charge in [0.1, 0.15) is 5.69 Å². The first-order valence-electron chi connectivity index (χ1n) is 26.2. The number of rotatable bonds is 7. The minimum absolute atomic E-state index is 0.771. The molecule has 6 heteroatoms. The number of hydrogen-bond acceptors (Lipinski definition) is 2. The standard InChI is InChI=1S/C70H46N6/c1-3-23-45(24-4-1)47-43-56(46-25-5-2-6-26-46)71-57(44-47)66-67(73-58-35-15-7-27-48(58)49-28-8-16-36-59(49)73)68(74-60-37-17-9-29-50(60)51-30-10-18-38-61(51)74)70(76-64-41-21-13-33-54(64)55-34-14-22-42-65(55)76)72-69(66)75-62-39-19-11-31-52(62)53-32-12-20-40-63(53)75/h1-9,11-29,31-44H,10,30H2. The highest BCUT2D eigenvalue weighted by atomic mass is 15.2. The third kappa shape index (κ3) is 6.22. The summed E-state index contributed by atoms with van der Waals surface area (Å²) in [6.45, 7) is 0. The van der Waals surface area contributed by atoms with Crippen molar-refractivity contribution < 1.29 is 0 Å². The van der Waals surface area contributed by atoms with Gasteiger partial charge in [-0.15, -0.1) is 0 Å². The second-order valence-corrected chi connectivity index (χ2v) is 20.0. The van der Waals surface area contributed by atoms with E-state index < -0.39 is 0 Å². The number of fused-ring (bicyclic) bond motifs is 12. The molecule has 1 aliphatic carbocycles. The number of pyridine rings is 2. The molecule has 6 heterocycles. The lowest BCUT2D eigenvalue weighted by molar-refractivity contribution is 0.929. The highest BCUT2D eigenvalue weighted by Crippen LogP contribution is 2.49. The molecule has 6 nitrogen and oxygen atoms in total. The summed E-state index contributed by atoms with van der Waals surface area (Å²) in [5.41, 5.74) is 17.7. The predicted molar refractivity (Wildman–Crippen MR) is 316 cm³/mol. The second-order valence-electron chi connectivity index (χ2n) is 20.0. The third-order valence-electron chi connectivity index (χ3n) is 15.8. The van der Waals surface area contributed by atoms with Gasteiger partial charge in [0.05, 0.1) is 61.3 Å². The molecule has 0 spiro atoms. The van der Waals surface area contributed by atoms with Gasteiger partial charge in [0, 0.05) is 49.0 Å². The molecule has 1 aliphatic rings. The van der Waals surface area contributed by atoms with E-state index in [-0.39, 0.29) is 0 Å². The molecule has 0 N–H and O–H groups in total. The van der Waals surface area contributed by atoms with Gasteiger partial charge in [0.2, 0.25) is 0 Å². The van der Waals surface area contributed by atoms with Gasteiger partial charge in [-0.2, -0.15) is 0 Å². The highest BCUT2D eigenvalue weighted by molar-refractivity contribution is 6.14. The van der Waals surface area contributed by atoms with Crippen molar-refractivity contribution in [2.75, 3.05) is 0 Å². The fourth-order valence-electron chi connectivity index (χ4n) is 12.6. The Morgan fingerprint density at radius 2 is 0.697 bits per heavy atom. The summed E-state index contributed by atoms with van der Waals surface area (Å²) in [5.74, 6) is 1.58. The van der Waals surface area contributed by atoms with E-state index in [0.29, 0.717) is 0 Å². The van der Waals surface area contributed by atoms with Crippen molar-refractivity contribution in [3.8, 4) is 56.7 Å². The van der Waals surface area contributed by atoms with Gasteiger partial charge in [-0.05, 0) is 90.2 Å². The molecule has 76 heavy (non-hydrogen) atoms. The van der Waals surface area contributed by atoms with Crippen molar-refractivity contribution in [2.24, 2.45) is 0 Å². The molecular formula is C70H46N6. The summed E-state index contributed by atoms with van der Waals surface area (Å²) in [6, 6.07) is 87.9. The Hall–Kier alpha value is -10.0. The van der Waals surface area contributed by atoms with Gasteiger partial charge < -0.3 is 9.13 Å². The van der Waals surface area contributed by atoms with Crippen LogP contribution in [0.1, 0.15) is 17.7 Å². The zero-order valence-electron chi connectivity index (χ0n) is 41.3. The van der Waals surface area contributed by atoms with Crippen LogP contribution in [0, 0.1) is 0 Å². The highest BCUT2D eigenvalue weighted by Gasteiger charge is 2.34. The fraction of sp³-hybridized carbons (Fsp3) is 0.0286. The number of hydrogen-bond donors (Lipinski definition) is 0. The number of benzene rings is 9. The average Bonchev–Trinajstić information content (AvgIpc) is 4.37. The second kappa shape index (κ2) is 16.7. The SMILES string of the molecule is C1=Cc2c(c3ccccc3n2-c2c(-n3c4ccccc4c4ccccc43)nc(-n3c4ccccc4c4ccccc43)c(-c3cc(-c4ccccc4)cc(-c4ccccc4)n3)c2-n2c3ccccc3c3ccccc32)CC1. The number of nitrogens with zero attached hydrogens (tertiary/aromatic N) is 6. The molecule has 0 unspecified atom stereocenters. The number of allylic oxidation sites excluding steroid dienone is 1. The van der Waals surface area contributed by atoms with Crippen LogP contribution in [0.3, 0.4) is 0 Å². The van der Waals surface area contributed by atoms with Crippen molar-refractivity contribution in [3.05, 3.63) is 260 Å². The summed E-state index contributed by atoms with van der Waals surface area (Å²) in [6.07, 6.45) is 6.59. The van der Waals surface area contributed by atoms with E-state index in [1.54, 1.807) is 0 Å². The van der Waals surface area contributed by atoms with Crippen molar-refractivity contribution in [3.63, 3.8) is 0 Å². The maximum Gasteiger partial charge on any atom is 0.166 e. The normalized spacial score (nSPS) is 12.6. The molecule has 0 radical (unpaired) electrons. The number of para-hydroxylation sites is 7. The molecule has 0 saturated heterocycles. The largest absolute Gasteiger partial charge is 0.306 e. The molecule has 0 fully saturated rings. The zero-order valence-corrected chi connectivity index (χ0v) is 41.3. The van der Waals surface area contributed by atoms with E-state index >= 15 is 0 Å². The van der Waals surface area contributed by atoms with Crippen molar-refractivity contribution >= 4 is 82.4 Å². The van der Waals surface area contributed by atoms with Gasteiger partial charge in [0.15, 0.2) is 11.6 Å². The topological polar surface area (TPSA) is 45.5 Å². The van der Waals surface area contributed by atoms with Gasteiger partial charge in [-0.3, -0.25) is 9.13 Å². The molecule has 0 saturated carbocycles.